The SMILES string of the molecule is CC1(C)CCc2cc(CC(=O)N3C[C@H]4C[C@@H](C3)c3ccc([NH+]([O-])O)c(=O)n3C4)ccc2O1. The lowest BCUT2D eigenvalue weighted by Crippen LogP contribution is -3.00. The Hall–Kier alpha value is -2.68. The number of ether oxygens (including phenoxy) is 1. The Morgan fingerprint density at radius 1 is 1.25 bits per heavy atom. The summed E-state index contributed by atoms with van der Waals surface area (Å²) in [7, 11) is 0. The Kier molecular flexibility index (Phi) is 5.11. The molecular formula is C24H29N3O5. The fourth-order valence-electron chi connectivity index (χ4n) is 5.42. The number of hydrogen-bond donors (Lipinski definition) is 2. The molecule has 4 heterocycles. The van der Waals surface area contributed by atoms with E-state index in [1.165, 1.54) is 6.07 Å². The summed E-state index contributed by atoms with van der Waals surface area (Å²) in [5.41, 5.74) is 2.20. The van der Waals surface area contributed by atoms with E-state index in [4.69, 9.17) is 4.74 Å². The van der Waals surface area contributed by atoms with Crippen LogP contribution in [0.2, 0.25) is 0 Å². The van der Waals surface area contributed by atoms with Crippen LogP contribution < -0.4 is 15.5 Å². The van der Waals surface area contributed by atoms with Gasteiger partial charge >= 0.3 is 5.56 Å². The Morgan fingerprint density at radius 2 is 2.06 bits per heavy atom. The highest BCUT2D eigenvalue weighted by atomic mass is 16.8. The summed E-state index contributed by atoms with van der Waals surface area (Å²) < 4.78 is 7.66. The van der Waals surface area contributed by atoms with Crippen LogP contribution in [-0.4, -0.2) is 39.3 Å². The van der Waals surface area contributed by atoms with Gasteiger partial charge in [0, 0.05) is 37.3 Å². The minimum atomic E-state index is -1.20. The monoisotopic (exact) mass is 439 g/mol. The van der Waals surface area contributed by atoms with Crippen molar-refractivity contribution in [3.63, 3.8) is 0 Å². The lowest BCUT2D eigenvalue weighted by atomic mass is 9.83. The topological polar surface area (TPSA) is 99.3 Å². The lowest BCUT2D eigenvalue weighted by Gasteiger charge is -2.43. The van der Waals surface area contributed by atoms with Gasteiger partial charge in [-0.05, 0) is 62.3 Å². The van der Waals surface area contributed by atoms with Gasteiger partial charge in [0.15, 0.2) is 0 Å². The largest absolute Gasteiger partial charge is 0.595 e. The van der Waals surface area contributed by atoms with Gasteiger partial charge in [0.05, 0.1) is 6.42 Å². The number of aryl methyl sites for hydroxylation is 1. The molecule has 170 valence electrons. The van der Waals surface area contributed by atoms with Crippen LogP contribution in [0.1, 0.15) is 49.4 Å². The number of piperidine rings is 1. The summed E-state index contributed by atoms with van der Waals surface area (Å²) in [5.74, 6) is 1.22. The van der Waals surface area contributed by atoms with E-state index >= 15 is 0 Å². The molecule has 1 unspecified atom stereocenters. The smallest absolute Gasteiger partial charge is 0.315 e. The molecule has 8 heteroatoms. The normalized spacial score (nSPS) is 24.2. The third kappa shape index (κ3) is 3.83. The van der Waals surface area contributed by atoms with Crippen molar-refractivity contribution >= 4 is 11.6 Å². The summed E-state index contributed by atoms with van der Waals surface area (Å²) in [4.78, 5) is 27.6. The number of hydrogen-bond acceptors (Lipinski definition) is 5. The first-order valence-electron chi connectivity index (χ1n) is 11.3. The molecule has 3 atom stereocenters. The zero-order valence-electron chi connectivity index (χ0n) is 18.5. The maximum atomic E-state index is 13.1. The predicted octanol–water partition coefficient (Wildman–Crippen LogP) is 1.54. The number of benzene rings is 1. The number of amides is 1. The average molecular weight is 440 g/mol. The Bertz CT molecular complexity index is 1120. The van der Waals surface area contributed by atoms with Crippen molar-refractivity contribution < 1.29 is 20.0 Å². The van der Waals surface area contributed by atoms with Crippen LogP contribution in [0.25, 0.3) is 0 Å². The van der Waals surface area contributed by atoms with Crippen LogP contribution in [0, 0.1) is 11.1 Å². The van der Waals surface area contributed by atoms with Gasteiger partial charge in [-0.25, -0.2) is 5.21 Å². The summed E-state index contributed by atoms with van der Waals surface area (Å²) in [6.07, 6.45) is 3.17. The molecule has 32 heavy (non-hydrogen) atoms. The van der Waals surface area contributed by atoms with Gasteiger partial charge in [0.1, 0.15) is 11.4 Å². The van der Waals surface area contributed by atoms with E-state index in [0.717, 1.165) is 41.8 Å². The Labute approximate surface area is 186 Å². The first-order chi connectivity index (χ1) is 15.2. The number of nitrogens with zero attached hydrogens (tertiary/aromatic N) is 2. The van der Waals surface area contributed by atoms with E-state index in [1.807, 2.05) is 17.0 Å². The first-order valence-corrected chi connectivity index (χ1v) is 11.3. The minimum Gasteiger partial charge on any atom is -0.595 e. The van der Waals surface area contributed by atoms with Crippen LogP contribution in [0.4, 0.5) is 5.69 Å². The van der Waals surface area contributed by atoms with Crippen molar-refractivity contribution in [2.24, 2.45) is 5.92 Å². The predicted molar refractivity (Wildman–Crippen MR) is 117 cm³/mol. The van der Waals surface area contributed by atoms with Gasteiger partial charge in [-0.2, -0.15) is 5.23 Å². The second-order valence-corrected chi connectivity index (χ2v) is 9.97. The van der Waals surface area contributed by atoms with E-state index in [9.17, 15) is 20.0 Å². The number of carbonyl (C=O) groups excluding carboxylic acids is 1. The van der Waals surface area contributed by atoms with Gasteiger partial charge in [-0.1, -0.05) is 12.1 Å². The maximum Gasteiger partial charge on any atom is 0.315 e. The molecule has 8 nitrogen and oxygen atoms in total. The van der Waals surface area contributed by atoms with Crippen molar-refractivity contribution in [3.8, 4) is 5.75 Å². The summed E-state index contributed by atoms with van der Waals surface area (Å²) in [5, 5.41) is 19.4. The average Bonchev–Trinajstić information content (AvgIpc) is 2.74. The summed E-state index contributed by atoms with van der Waals surface area (Å²) >= 11 is 0. The molecular weight excluding hydrogens is 410 g/mol. The number of nitrogens with one attached hydrogen (secondary N) is 1. The molecule has 0 saturated carbocycles. The molecule has 0 aliphatic carbocycles. The molecule has 3 aliphatic rings. The molecule has 2 N–H and O–H groups in total. The van der Waals surface area contributed by atoms with Crippen LogP contribution >= 0.6 is 0 Å². The maximum absolute atomic E-state index is 13.1. The van der Waals surface area contributed by atoms with Crippen molar-refractivity contribution in [2.45, 2.75) is 57.6 Å². The molecule has 2 aromatic rings. The molecule has 3 aliphatic heterocycles. The molecule has 5 rings (SSSR count). The molecule has 2 bridgehead atoms. The number of carbonyl (C=O) groups is 1. The zero-order chi connectivity index (χ0) is 22.6. The minimum absolute atomic E-state index is 0.0566. The van der Waals surface area contributed by atoms with Crippen molar-refractivity contribution in [2.75, 3.05) is 13.1 Å². The van der Waals surface area contributed by atoms with Crippen LogP contribution in [0.15, 0.2) is 35.1 Å². The van der Waals surface area contributed by atoms with Gasteiger partial charge in [0.2, 0.25) is 11.6 Å². The summed E-state index contributed by atoms with van der Waals surface area (Å²) in [6.45, 7) is 5.80. The molecule has 0 spiro atoms. The Balaban J connectivity index is 1.31. The van der Waals surface area contributed by atoms with Crippen molar-refractivity contribution in [1.29, 1.82) is 0 Å². The van der Waals surface area contributed by atoms with E-state index in [-0.39, 0.29) is 29.0 Å². The molecule has 1 aromatic heterocycles. The standard InChI is InChI=1S/C24H29N3O5/c1-24(2)8-7-17-9-15(3-6-21(17)32-24)11-22(28)25-12-16-10-18(14-25)19-4-5-20(27(30)31)23(29)26(19)13-16/h3-6,9,16,18,27,30H,7-8,10-14H2,1-2H3/t16-,18+/m1/s1. The molecule has 1 fully saturated rings. The highest BCUT2D eigenvalue weighted by Crippen LogP contribution is 2.36. The number of fused-ring (bicyclic) bond motifs is 5. The molecule has 1 aromatic carbocycles. The van der Waals surface area contributed by atoms with Crippen molar-refractivity contribution in [3.05, 3.63) is 62.7 Å². The molecule has 0 radical (unpaired) electrons. The summed E-state index contributed by atoms with van der Waals surface area (Å²) in [6, 6.07) is 9.19. The van der Waals surface area contributed by atoms with E-state index < -0.39 is 10.8 Å². The number of quaternary nitrogens is 1. The molecule has 1 saturated heterocycles. The van der Waals surface area contributed by atoms with Gasteiger partial charge in [-0.3, -0.25) is 9.59 Å². The first kappa shape index (κ1) is 21.2. The Morgan fingerprint density at radius 3 is 2.84 bits per heavy atom. The molecule has 1 amide bonds. The third-order valence-corrected chi connectivity index (χ3v) is 7.05. The van der Waals surface area contributed by atoms with Crippen LogP contribution in [0.3, 0.4) is 0 Å². The van der Waals surface area contributed by atoms with E-state index in [1.54, 1.807) is 10.6 Å². The van der Waals surface area contributed by atoms with E-state index in [2.05, 4.69) is 19.9 Å². The highest BCUT2D eigenvalue weighted by Gasteiger charge is 2.37. The van der Waals surface area contributed by atoms with E-state index in [0.29, 0.717) is 26.1 Å². The number of rotatable bonds is 3. The zero-order valence-corrected chi connectivity index (χ0v) is 18.5. The number of pyridine rings is 1. The van der Waals surface area contributed by atoms with Gasteiger partial charge < -0.3 is 19.4 Å². The highest BCUT2D eigenvalue weighted by molar-refractivity contribution is 5.79. The van der Waals surface area contributed by atoms with Gasteiger partial charge in [-0.15, -0.1) is 0 Å². The number of aromatic nitrogens is 1. The van der Waals surface area contributed by atoms with Crippen LogP contribution in [0.5, 0.6) is 5.75 Å². The third-order valence-electron chi connectivity index (χ3n) is 7.05. The van der Waals surface area contributed by atoms with Gasteiger partial charge in [0.25, 0.3) is 0 Å². The fraction of sp³-hybridized carbons (Fsp3) is 0.500. The lowest BCUT2D eigenvalue weighted by molar-refractivity contribution is -0.992. The number of likely N-dealkylation sites (tertiary alicyclic amines) is 1. The quantitative estimate of drug-likeness (QED) is 0.707. The second kappa shape index (κ2) is 7.72. The fourth-order valence-corrected chi connectivity index (χ4v) is 5.42. The second-order valence-electron chi connectivity index (χ2n) is 9.97. The van der Waals surface area contributed by atoms with Crippen molar-refractivity contribution in [1.82, 2.24) is 9.47 Å². The van der Waals surface area contributed by atoms with Crippen LogP contribution in [-0.2, 0) is 24.2 Å².